The number of nitrogens with zero attached hydrogens (tertiary/aromatic N) is 3. The lowest BCUT2D eigenvalue weighted by Crippen LogP contribution is -2.44. The average molecular weight is 389 g/mol. The Balaban J connectivity index is 1.32. The van der Waals surface area contributed by atoms with Crippen LogP contribution in [0.2, 0.25) is 5.02 Å². The van der Waals surface area contributed by atoms with Gasteiger partial charge in [0.2, 0.25) is 0 Å². The van der Waals surface area contributed by atoms with Crippen LogP contribution in [-0.4, -0.2) is 71.8 Å². The summed E-state index contributed by atoms with van der Waals surface area (Å²) < 4.78 is 5.42. The van der Waals surface area contributed by atoms with E-state index in [1.807, 2.05) is 35.2 Å². The molecular weight excluding hydrogens is 364 g/mol. The van der Waals surface area contributed by atoms with Gasteiger partial charge in [0, 0.05) is 43.3 Å². The van der Waals surface area contributed by atoms with E-state index in [1.165, 1.54) is 0 Å². The molecule has 2 aliphatic heterocycles. The number of carbonyl (C=O) groups excluding carboxylic acids is 1. The number of rotatable bonds is 4. The van der Waals surface area contributed by atoms with Gasteiger partial charge in [0.25, 0.3) is 5.91 Å². The van der Waals surface area contributed by atoms with Crippen LogP contribution in [0.15, 0.2) is 30.3 Å². The quantitative estimate of drug-likeness (QED) is 0.874. The van der Waals surface area contributed by atoms with Gasteiger partial charge in [-0.25, -0.2) is 0 Å². The number of aromatic amines is 1. The van der Waals surface area contributed by atoms with Gasteiger partial charge in [0.15, 0.2) is 0 Å². The summed E-state index contributed by atoms with van der Waals surface area (Å²) in [6, 6.07) is 9.29. The Labute approximate surface area is 164 Å². The molecule has 1 amide bonds. The maximum absolute atomic E-state index is 12.8. The SMILES string of the molecule is O=C(c1cc(-c2ccc(Cl)cc2)n[nH]1)N1CCC(CN2CCOCC2)CC1. The topological polar surface area (TPSA) is 61.5 Å². The van der Waals surface area contributed by atoms with Gasteiger partial charge in [0.05, 0.1) is 18.9 Å². The zero-order chi connectivity index (χ0) is 18.6. The molecule has 4 rings (SSSR count). The molecule has 0 saturated carbocycles. The molecule has 2 aliphatic rings. The minimum absolute atomic E-state index is 0.0348. The molecule has 0 spiro atoms. The maximum Gasteiger partial charge on any atom is 0.271 e. The lowest BCUT2D eigenvalue weighted by molar-refractivity contribution is 0.0242. The summed E-state index contributed by atoms with van der Waals surface area (Å²) in [5.74, 6) is 0.700. The molecule has 0 bridgehead atoms. The van der Waals surface area contributed by atoms with E-state index in [2.05, 4.69) is 15.1 Å². The summed E-state index contributed by atoms with van der Waals surface area (Å²) in [5, 5.41) is 7.87. The van der Waals surface area contributed by atoms with Crippen LogP contribution in [0.5, 0.6) is 0 Å². The van der Waals surface area contributed by atoms with E-state index in [9.17, 15) is 4.79 Å². The van der Waals surface area contributed by atoms with E-state index >= 15 is 0 Å². The van der Waals surface area contributed by atoms with E-state index in [1.54, 1.807) is 0 Å². The highest BCUT2D eigenvalue weighted by atomic mass is 35.5. The molecule has 0 unspecified atom stereocenters. The molecule has 0 radical (unpaired) electrons. The first kappa shape index (κ1) is 18.5. The summed E-state index contributed by atoms with van der Waals surface area (Å²) >= 11 is 5.93. The molecule has 1 N–H and O–H groups in total. The number of benzene rings is 1. The highest BCUT2D eigenvalue weighted by Gasteiger charge is 2.26. The van der Waals surface area contributed by atoms with E-state index in [0.29, 0.717) is 16.6 Å². The van der Waals surface area contributed by atoms with Gasteiger partial charge in [-0.05, 0) is 37.0 Å². The largest absolute Gasteiger partial charge is 0.379 e. The van der Waals surface area contributed by atoms with Gasteiger partial charge in [-0.3, -0.25) is 14.8 Å². The predicted molar refractivity (Wildman–Crippen MR) is 105 cm³/mol. The van der Waals surface area contributed by atoms with Crippen LogP contribution in [0.1, 0.15) is 23.3 Å². The minimum atomic E-state index is 0.0348. The summed E-state index contributed by atoms with van der Waals surface area (Å²) in [7, 11) is 0. The number of hydrogen-bond acceptors (Lipinski definition) is 4. The Bertz CT molecular complexity index is 763. The third kappa shape index (κ3) is 4.51. The molecule has 2 aromatic rings. The monoisotopic (exact) mass is 388 g/mol. The molecule has 2 fully saturated rings. The molecule has 144 valence electrons. The van der Waals surface area contributed by atoms with Crippen LogP contribution >= 0.6 is 11.6 Å². The zero-order valence-corrected chi connectivity index (χ0v) is 16.1. The molecule has 2 saturated heterocycles. The van der Waals surface area contributed by atoms with Crippen molar-refractivity contribution in [2.45, 2.75) is 12.8 Å². The molecule has 7 heteroatoms. The van der Waals surface area contributed by atoms with Crippen LogP contribution in [0.25, 0.3) is 11.3 Å². The van der Waals surface area contributed by atoms with E-state index < -0.39 is 0 Å². The number of nitrogens with one attached hydrogen (secondary N) is 1. The number of morpholine rings is 1. The molecule has 1 aromatic carbocycles. The van der Waals surface area contributed by atoms with Gasteiger partial charge in [-0.1, -0.05) is 23.7 Å². The zero-order valence-electron chi connectivity index (χ0n) is 15.4. The van der Waals surface area contributed by atoms with Crippen molar-refractivity contribution in [2.24, 2.45) is 5.92 Å². The lowest BCUT2D eigenvalue weighted by Gasteiger charge is -2.35. The number of amides is 1. The van der Waals surface area contributed by atoms with Gasteiger partial charge in [-0.15, -0.1) is 0 Å². The van der Waals surface area contributed by atoms with Gasteiger partial charge >= 0.3 is 0 Å². The second-order valence-corrected chi connectivity index (χ2v) is 7.76. The number of piperidine rings is 1. The predicted octanol–water partition coefficient (Wildman–Crippen LogP) is 2.91. The highest BCUT2D eigenvalue weighted by molar-refractivity contribution is 6.30. The minimum Gasteiger partial charge on any atom is -0.379 e. The summed E-state index contributed by atoms with van der Waals surface area (Å²) in [6.07, 6.45) is 2.11. The second-order valence-electron chi connectivity index (χ2n) is 7.32. The van der Waals surface area contributed by atoms with Gasteiger partial charge in [0.1, 0.15) is 5.69 Å². The Morgan fingerprint density at radius 1 is 1.15 bits per heavy atom. The van der Waals surface area contributed by atoms with Crippen LogP contribution in [-0.2, 0) is 4.74 Å². The molecule has 27 heavy (non-hydrogen) atoms. The Morgan fingerprint density at radius 2 is 1.85 bits per heavy atom. The van der Waals surface area contributed by atoms with Crippen molar-refractivity contribution in [3.63, 3.8) is 0 Å². The molecule has 6 nitrogen and oxygen atoms in total. The summed E-state index contributed by atoms with van der Waals surface area (Å²) in [4.78, 5) is 17.2. The summed E-state index contributed by atoms with van der Waals surface area (Å²) in [6.45, 7) is 6.48. The Kier molecular flexibility index (Phi) is 5.76. The van der Waals surface area contributed by atoms with E-state index in [0.717, 1.165) is 70.0 Å². The number of hydrogen-bond donors (Lipinski definition) is 1. The molecule has 1 aromatic heterocycles. The average Bonchev–Trinajstić information content (AvgIpc) is 3.20. The van der Waals surface area contributed by atoms with Crippen LogP contribution < -0.4 is 0 Å². The third-order valence-electron chi connectivity index (χ3n) is 5.47. The van der Waals surface area contributed by atoms with Crippen molar-refractivity contribution in [1.82, 2.24) is 20.0 Å². The number of H-pyrrole nitrogens is 1. The fraction of sp³-hybridized carbons (Fsp3) is 0.500. The normalized spacial score (nSPS) is 19.4. The van der Waals surface area contributed by atoms with Crippen molar-refractivity contribution in [2.75, 3.05) is 45.9 Å². The molecular formula is C20H25ClN4O2. The van der Waals surface area contributed by atoms with E-state index in [-0.39, 0.29) is 5.91 Å². The third-order valence-corrected chi connectivity index (χ3v) is 5.72. The van der Waals surface area contributed by atoms with Crippen LogP contribution in [0.4, 0.5) is 0 Å². The van der Waals surface area contributed by atoms with Gasteiger partial charge in [-0.2, -0.15) is 5.10 Å². The first-order chi connectivity index (χ1) is 13.2. The Hall–Kier alpha value is -1.89. The van der Waals surface area contributed by atoms with Crippen LogP contribution in [0, 0.1) is 5.92 Å². The number of aromatic nitrogens is 2. The molecule has 3 heterocycles. The standard InChI is InChI=1S/C20H25ClN4O2/c21-17-3-1-16(2-4-17)18-13-19(23-22-18)20(26)25-7-5-15(6-8-25)14-24-9-11-27-12-10-24/h1-4,13,15H,5-12,14H2,(H,22,23). The van der Waals surface area contributed by atoms with Crippen molar-refractivity contribution >= 4 is 17.5 Å². The first-order valence-electron chi connectivity index (χ1n) is 9.60. The van der Waals surface area contributed by atoms with Crippen LogP contribution in [0.3, 0.4) is 0 Å². The fourth-order valence-corrected chi connectivity index (χ4v) is 3.96. The van der Waals surface area contributed by atoms with Gasteiger partial charge < -0.3 is 9.64 Å². The number of carbonyl (C=O) groups is 1. The Morgan fingerprint density at radius 3 is 2.56 bits per heavy atom. The number of likely N-dealkylation sites (tertiary alicyclic amines) is 1. The lowest BCUT2D eigenvalue weighted by atomic mass is 9.95. The fourth-order valence-electron chi connectivity index (χ4n) is 3.84. The highest BCUT2D eigenvalue weighted by Crippen LogP contribution is 2.23. The van der Waals surface area contributed by atoms with E-state index in [4.69, 9.17) is 16.3 Å². The van der Waals surface area contributed by atoms with Crippen molar-refractivity contribution in [3.05, 3.63) is 41.0 Å². The number of ether oxygens (including phenoxy) is 1. The first-order valence-corrected chi connectivity index (χ1v) is 9.97. The summed E-state index contributed by atoms with van der Waals surface area (Å²) in [5.41, 5.74) is 2.25. The second kappa shape index (κ2) is 8.42. The van der Waals surface area contributed by atoms with Crippen molar-refractivity contribution in [3.8, 4) is 11.3 Å². The molecule has 0 atom stereocenters. The number of halogens is 1. The smallest absolute Gasteiger partial charge is 0.271 e. The van der Waals surface area contributed by atoms with Crippen molar-refractivity contribution in [1.29, 1.82) is 0 Å². The molecule has 0 aliphatic carbocycles. The maximum atomic E-state index is 12.8. The van der Waals surface area contributed by atoms with Crippen molar-refractivity contribution < 1.29 is 9.53 Å².